The number of rotatable bonds is 7. The predicted molar refractivity (Wildman–Crippen MR) is 128 cm³/mol. The van der Waals surface area contributed by atoms with Crippen molar-refractivity contribution in [1.29, 1.82) is 0 Å². The van der Waals surface area contributed by atoms with Gasteiger partial charge in [0.25, 0.3) is 5.91 Å². The third-order valence-electron chi connectivity index (χ3n) is 5.95. The van der Waals surface area contributed by atoms with Crippen molar-refractivity contribution >= 4 is 17.5 Å². The number of fused-ring (bicyclic) bond motifs is 1. The third kappa shape index (κ3) is 5.02. The largest absolute Gasteiger partial charge is 0.433 e. The number of hydrogen-bond acceptors (Lipinski definition) is 6. The summed E-state index contributed by atoms with van der Waals surface area (Å²) in [4.78, 5) is 20.6. The minimum Gasteiger partial charge on any atom is -0.366 e. The first-order valence-corrected chi connectivity index (χ1v) is 11.5. The van der Waals surface area contributed by atoms with Gasteiger partial charge in [0, 0.05) is 35.8 Å². The molecule has 0 aliphatic heterocycles. The molecule has 0 fully saturated rings. The van der Waals surface area contributed by atoms with E-state index in [0.29, 0.717) is 27.9 Å². The number of nitrogen functional groups attached to an aromatic ring is 1. The summed E-state index contributed by atoms with van der Waals surface area (Å²) >= 11 is 0. The smallest absolute Gasteiger partial charge is 0.366 e. The van der Waals surface area contributed by atoms with Gasteiger partial charge in [0.15, 0.2) is 5.65 Å². The highest BCUT2D eigenvalue weighted by atomic mass is 19.4. The molecule has 4 rings (SSSR count). The maximum atomic E-state index is 13.3. The van der Waals surface area contributed by atoms with Crippen LogP contribution in [0.4, 0.5) is 19.1 Å². The van der Waals surface area contributed by atoms with Crippen LogP contribution in [0.25, 0.3) is 16.8 Å². The van der Waals surface area contributed by atoms with E-state index in [2.05, 4.69) is 25.5 Å². The summed E-state index contributed by atoms with van der Waals surface area (Å²) in [5.41, 5.74) is 7.17. The fourth-order valence-corrected chi connectivity index (χ4v) is 4.00. The third-order valence-corrected chi connectivity index (χ3v) is 5.95. The van der Waals surface area contributed by atoms with Crippen molar-refractivity contribution in [3.63, 3.8) is 0 Å². The topological polar surface area (TPSA) is 116 Å². The maximum absolute atomic E-state index is 13.3. The fraction of sp³-hybridized carbons (Fsp3) is 0.375. The summed E-state index contributed by atoms with van der Waals surface area (Å²) in [5.74, 6) is -0.360. The van der Waals surface area contributed by atoms with Crippen molar-refractivity contribution in [1.82, 2.24) is 34.7 Å². The second-order valence-corrected chi connectivity index (χ2v) is 9.03. The average Bonchev–Trinajstić information content (AvgIpc) is 3.43. The van der Waals surface area contributed by atoms with Crippen molar-refractivity contribution in [2.24, 2.45) is 5.92 Å². The van der Waals surface area contributed by atoms with Crippen molar-refractivity contribution in [2.75, 3.05) is 5.73 Å². The summed E-state index contributed by atoms with van der Waals surface area (Å²) in [6.07, 6.45) is 2.37. The molecule has 3 N–H and O–H groups in total. The standard InChI is InChI=1S/C24H27F3N8O/c1-5-14(4)31-22(36)18-8-16(11-35-21(18)32-23(28)33-35)17-10-30-34(12-17)20(13(2)3)15-6-7-29-19(9-15)24(25,26)27/h6-14,20H,5H2,1-4H3,(H2,28,33)(H,31,36). The molecule has 2 unspecified atom stereocenters. The van der Waals surface area contributed by atoms with Gasteiger partial charge in [0.2, 0.25) is 5.95 Å². The quantitative estimate of drug-likeness (QED) is 0.390. The van der Waals surface area contributed by atoms with E-state index in [1.54, 1.807) is 35.4 Å². The van der Waals surface area contributed by atoms with E-state index in [1.807, 2.05) is 27.7 Å². The van der Waals surface area contributed by atoms with Crippen LogP contribution in [0.5, 0.6) is 0 Å². The van der Waals surface area contributed by atoms with Crippen LogP contribution in [0.1, 0.15) is 61.8 Å². The Morgan fingerprint density at radius 2 is 1.92 bits per heavy atom. The van der Waals surface area contributed by atoms with Crippen LogP contribution in [0, 0.1) is 5.92 Å². The monoisotopic (exact) mass is 500 g/mol. The van der Waals surface area contributed by atoms with Gasteiger partial charge in [-0.3, -0.25) is 14.5 Å². The van der Waals surface area contributed by atoms with Crippen LogP contribution >= 0.6 is 0 Å². The number of nitrogens with two attached hydrogens (primary N) is 1. The second-order valence-electron chi connectivity index (χ2n) is 9.03. The molecule has 12 heteroatoms. The van der Waals surface area contributed by atoms with Gasteiger partial charge in [-0.05, 0) is 43.0 Å². The Morgan fingerprint density at radius 1 is 1.17 bits per heavy atom. The van der Waals surface area contributed by atoms with Gasteiger partial charge in [-0.2, -0.15) is 23.3 Å². The zero-order valence-electron chi connectivity index (χ0n) is 20.3. The van der Waals surface area contributed by atoms with Gasteiger partial charge >= 0.3 is 6.18 Å². The van der Waals surface area contributed by atoms with E-state index in [0.717, 1.165) is 18.7 Å². The number of halogens is 3. The Kier molecular flexibility index (Phi) is 6.70. The van der Waals surface area contributed by atoms with E-state index < -0.39 is 17.9 Å². The van der Waals surface area contributed by atoms with Crippen LogP contribution in [0.2, 0.25) is 0 Å². The Morgan fingerprint density at radius 3 is 2.58 bits per heavy atom. The van der Waals surface area contributed by atoms with E-state index in [9.17, 15) is 18.0 Å². The summed E-state index contributed by atoms with van der Waals surface area (Å²) in [6, 6.07) is 3.78. The molecule has 0 saturated heterocycles. The molecule has 0 aliphatic carbocycles. The SMILES string of the molecule is CCC(C)NC(=O)c1cc(-c2cnn(C(c3ccnc(C(F)(F)F)c3)C(C)C)c2)cn2nc(N)nc12. The lowest BCUT2D eigenvalue weighted by atomic mass is 9.96. The number of nitrogens with one attached hydrogen (secondary N) is 1. The van der Waals surface area contributed by atoms with Gasteiger partial charge in [-0.1, -0.05) is 20.8 Å². The Hall–Kier alpha value is -3.96. The fourth-order valence-electron chi connectivity index (χ4n) is 4.00. The second kappa shape index (κ2) is 9.59. The number of carbonyl (C=O) groups is 1. The number of amides is 1. The lowest BCUT2D eigenvalue weighted by Gasteiger charge is -2.22. The lowest BCUT2D eigenvalue weighted by Crippen LogP contribution is -2.32. The molecule has 4 aromatic rings. The lowest BCUT2D eigenvalue weighted by molar-refractivity contribution is -0.141. The Balaban J connectivity index is 1.76. The van der Waals surface area contributed by atoms with Gasteiger partial charge < -0.3 is 11.1 Å². The number of pyridine rings is 2. The number of nitrogens with zero attached hydrogens (tertiary/aromatic N) is 6. The Labute approximate surface area is 205 Å². The van der Waals surface area contributed by atoms with Crippen molar-refractivity contribution in [3.8, 4) is 11.1 Å². The minimum absolute atomic E-state index is 0.0264. The molecule has 0 spiro atoms. The number of anilines is 1. The Bertz CT molecular complexity index is 1390. The molecule has 190 valence electrons. The summed E-state index contributed by atoms with van der Waals surface area (Å²) in [5, 5.41) is 11.5. The molecule has 0 aliphatic rings. The molecular formula is C24H27F3N8O. The van der Waals surface area contributed by atoms with E-state index in [4.69, 9.17) is 5.73 Å². The highest BCUT2D eigenvalue weighted by molar-refractivity contribution is 6.01. The van der Waals surface area contributed by atoms with Crippen LogP contribution in [-0.4, -0.2) is 41.3 Å². The highest BCUT2D eigenvalue weighted by Crippen LogP contribution is 2.33. The molecule has 0 radical (unpaired) electrons. The number of alkyl halides is 3. The summed E-state index contributed by atoms with van der Waals surface area (Å²) in [6.45, 7) is 7.67. The van der Waals surface area contributed by atoms with Gasteiger partial charge in [0.1, 0.15) is 5.69 Å². The zero-order chi connectivity index (χ0) is 26.2. The van der Waals surface area contributed by atoms with Crippen LogP contribution < -0.4 is 11.1 Å². The molecule has 36 heavy (non-hydrogen) atoms. The van der Waals surface area contributed by atoms with E-state index >= 15 is 0 Å². The minimum atomic E-state index is -4.55. The van der Waals surface area contributed by atoms with Crippen molar-refractivity contribution in [2.45, 2.75) is 52.4 Å². The van der Waals surface area contributed by atoms with Crippen LogP contribution in [0.15, 0.2) is 43.0 Å². The molecular weight excluding hydrogens is 473 g/mol. The molecule has 0 bridgehead atoms. The molecule has 9 nitrogen and oxygen atoms in total. The first-order valence-electron chi connectivity index (χ1n) is 11.5. The van der Waals surface area contributed by atoms with Gasteiger partial charge in [-0.25, -0.2) is 4.52 Å². The van der Waals surface area contributed by atoms with Gasteiger partial charge in [0.05, 0.1) is 17.8 Å². The molecule has 1 amide bonds. The van der Waals surface area contributed by atoms with E-state index in [1.165, 1.54) is 4.52 Å². The molecule has 2 atom stereocenters. The number of carbonyl (C=O) groups excluding carboxylic acids is 1. The zero-order valence-corrected chi connectivity index (χ0v) is 20.3. The molecule has 4 aromatic heterocycles. The molecule has 0 aromatic carbocycles. The first-order chi connectivity index (χ1) is 17.0. The predicted octanol–water partition coefficient (Wildman–Crippen LogP) is 4.36. The normalized spacial score (nSPS) is 13.8. The number of aromatic nitrogens is 6. The summed E-state index contributed by atoms with van der Waals surface area (Å²) < 4.78 is 42.8. The van der Waals surface area contributed by atoms with Crippen molar-refractivity contribution in [3.05, 3.63) is 59.8 Å². The van der Waals surface area contributed by atoms with Gasteiger partial charge in [-0.15, -0.1) is 5.10 Å². The molecule has 4 heterocycles. The molecule has 0 saturated carbocycles. The summed E-state index contributed by atoms with van der Waals surface area (Å²) in [7, 11) is 0. The first kappa shape index (κ1) is 25.1. The van der Waals surface area contributed by atoms with Crippen LogP contribution in [-0.2, 0) is 6.18 Å². The van der Waals surface area contributed by atoms with Crippen LogP contribution in [0.3, 0.4) is 0 Å². The highest BCUT2D eigenvalue weighted by Gasteiger charge is 2.33. The van der Waals surface area contributed by atoms with E-state index in [-0.39, 0.29) is 23.8 Å². The average molecular weight is 501 g/mol. The maximum Gasteiger partial charge on any atom is 0.433 e. The van der Waals surface area contributed by atoms with Crippen molar-refractivity contribution < 1.29 is 18.0 Å². The number of hydrogen-bond donors (Lipinski definition) is 2.